The number of β-lactam (4-membered cyclic amide) rings is 1. The van der Waals surface area contributed by atoms with Crippen molar-refractivity contribution >= 4 is 27.5 Å². The number of carbonyl (C=O) groups excluding carboxylic acids is 1. The SMILES string of the molecule is C[C@H]1[C@@H](N)C(=O)N1c1ccc(Br)cc1. The molecular formula is C10H11BrN2O. The van der Waals surface area contributed by atoms with Crippen molar-refractivity contribution in [1.29, 1.82) is 0 Å². The fourth-order valence-corrected chi connectivity index (χ4v) is 1.87. The maximum atomic E-state index is 11.4. The second-order valence-electron chi connectivity index (χ2n) is 3.45. The largest absolute Gasteiger partial charge is 0.318 e. The van der Waals surface area contributed by atoms with E-state index in [1.165, 1.54) is 0 Å². The highest BCUT2D eigenvalue weighted by Gasteiger charge is 2.42. The molecule has 1 fully saturated rings. The molecule has 1 aliphatic heterocycles. The van der Waals surface area contributed by atoms with E-state index in [-0.39, 0.29) is 18.0 Å². The third-order valence-electron chi connectivity index (χ3n) is 2.55. The highest BCUT2D eigenvalue weighted by Crippen LogP contribution is 2.27. The molecule has 0 spiro atoms. The van der Waals surface area contributed by atoms with E-state index in [0.29, 0.717) is 0 Å². The molecule has 1 saturated heterocycles. The van der Waals surface area contributed by atoms with Gasteiger partial charge in [0, 0.05) is 10.2 Å². The molecule has 1 amide bonds. The summed E-state index contributed by atoms with van der Waals surface area (Å²) < 4.78 is 1.01. The zero-order valence-corrected chi connectivity index (χ0v) is 9.36. The molecule has 1 aromatic rings. The minimum atomic E-state index is -0.335. The number of hydrogen-bond donors (Lipinski definition) is 1. The van der Waals surface area contributed by atoms with Crippen molar-refractivity contribution < 1.29 is 4.79 Å². The number of benzene rings is 1. The summed E-state index contributed by atoms with van der Waals surface area (Å²) in [6.45, 7) is 1.95. The van der Waals surface area contributed by atoms with Gasteiger partial charge in [0.1, 0.15) is 6.04 Å². The Kier molecular flexibility index (Phi) is 2.33. The Balaban J connectivity index is 2.25. The van der Waals surface area contributed by atoms with Crippen LogP contribution in [0.15, 0.2) is 28.7 Å². The number of nitrogens with two attached hydrogens (primary N) is 1. The molecule has 0 radical (unpaired) electrons. The zero-order valence-electron chi connectivity index (χ0n) is 7.77. The van der Waals surface area contributed by atoms with Crippen LogP contribution in [0.1, 0.15) is 6.92 Å². The predicted molar refractivity (Wildman–Crippen MR) is 59.1 cm³/mol. The Labute approximate surface area is 91.0 Å². The molecule has 1 aromatic carbocycles. The lowest BCUT2D eigenvalue weighted by Gasteiger charge is -2.43. The number of nitrogens with zero attached hydrogens (tertiary/aromatic N) is 1. The van der Waals surface area contributed by atoms with Crippen LogP contribution in [0.25, 0.3) is 0 Å². The minimum Gasteiger partial charge on any atom is -0.318 e. The fraction of sp³-hybridized carbons (Fsp3) is 0.300. The molecule has 0 aliphatic carbocycles. The molecular weight excluding hydrogens is 244 g/mol. The van der Waals surface area contributed by atoms with Crippen LogP contribution in [0, 0.1) is 0 Å². The average molecular weight is 255 g/mol. The lowest BCUT2D eigenvalue weighted by Crippen LogP contribution is -2.67. The molecule has 14 heavy (non-hydrogen) atoms. The molecule has 2 N–H and O–H groups in total. The van der Waals surface area contributed by atoms with E-state index in [9.17, 15) is 4.79 Å². The van der Waals surface area contributed by atoms with Gasteiger partial charge in [-0.05, 0) is 31.2 Å². The van der Waals surface area contributed by atoms with Crippen molar-refractivity contribution in [3.63, 3.8) is 0 Å². The summed E-state index contributed by atoms with van der Waals surface area (Å²) in [5.74, 6) is -0.000164. The van der Waals surface area contributed by atoms with E-state index >= 15 is 0 Å². The maximum Gasteiger partial charge on any atom is 0.246 e. The molecule has 0 unspecified atom stereocenters. The van der Waals surface area contributed by atoms with Crippen molar-refractivity contribution in [2.45, 2.75) is 19.0 Å². The van der Waals surface area contributed by atoms with Gasteiger partial charge in [-0.3, -0.25) is 4.79 Å². The van der Waals surface area contributed by atoms with Crippen LogP contribution in [-0.4, -0.2) is 18.0 Å². The predicted octanol–water partition coefficient (Wildman–Crippen LogP) is 1.51. The van der Waals surface area contributed by atoms with Crippen LogP contribution >= 0.6 is 15.9 Å². The average Bonchev–Trinajstić information content (AvgIpc) is 2.21. The smallest absolute Gasteiger partial charge is 0.246 e. The second kappa shape index (κ2) is 3.37. The molecule has 1 heterocycles. The first-order chi connectivity index (χ1) is 6.61. The van der Waals surface area contributed by atoms with Crippen molar-refractivity contribution in [2.24, 2.45) is 5.73 Å². The topological polar surface area (TPSA) is 46.3 Å². The highest BCUT2D eigenvalue weighted by molar-refractivity contribution is 9.10. The van der Waals surface area contributed by atoms with Crippen LogP contribution in [-0.2, 0) is 4.79 Å². The van der Waals surface area contributed by atoms with E-state index in [4.69, 9.17) is 5.73 Å². The molecule has 74 valence electrons. The monoisotopic (exact) mass is 254 g/mol. The normalized spacial score (nSPS) is 26.2. The number of carbonyl (C=O) groups is 1. The third-order valence-corrected chi connectivity index (χ3v) is 3.08. The van der Waals surface area contributed by atoms with Gasteiger partial charge >= 0.3 is 0 Å². The summed E-state index contributed by atoms with van der Waals surface area (Å²) in [5.41, 5.74) is 6.53. The summed E-state index contributed by atoms with van der Waals surface area (Å²) >= 11 is 3.35. The fourth-order valence-electron chi connectivity index (χ4n) is 1.61. The summed E-state index contributed by atoms with van der Waals surface area (Å²) in [5, 5.41) is 0. The molecule has 3 nitrogen and oxygen atoms in total. The lowest BCUT2D eigenvalue weighted by molar-refractivity contribution is -0.125. The van der Waals surface area contributed by atoms with Crippen LogP contribution in [0.5, 0.6) is 0 Å². The van der Waals surface area contributed by atoms with Crippen LogP contribution in [0.3, 0.4) is 0 Å². The summed E-state index contributed by atoms with van der Waals surface area (Å²) in [6.07, 6.45) is 0. The van der Waals surface area contributed by atoms with Gasteiger partial charge in [-0.15, -0.1) is 0 Å². The molecule has 1 aliphatic rings. The van der Waals surface area contributed by atoms with Gasteiger partial charge in [0.05, 0.1) is 6.04 Å². The van der Waals surface area contributed by atoms with Crippen molar-refractivity contribution in [2.75, 3.05) is 4.90 Å². The molecule has 2 atom stereocenters. The number of amides is 1. The molecule has 0 aromatic heterocycles. The molecule has 2 rings (SSSR count). The maximum absolute atomic E-state index is 11.4. The number of halogens is 1. The van der Waals surface area contributed by atoms with E-state index in [1.54, 1.807) is 4.90 Å². The van der Waals surface area contributed by atoms with Gasteiger partial charge in [0.25, 0.3) is 0 Å². The van der Waals surface area contributed by atoms with Crippen LogP contribution in [0.4, 0.5) is 5.69 Å². The van der Waals surface area contributed by atoms with E-state index < -0.39 is 0 Å². The Morgan fingerprint density at radius 3 is 2.43 bits per heavy atom. The van der Waals surface area contributed by atoms with Crippen molar-refractivity contribution in [3.05, 3.63) is 28.7 Å². The van der Waals surface area contributed by atoms with Gasteiger partial charge in [0.15, 0.2) is 0 Å². The van der Waals surface area contributed by atoms with E-state index in [2.05, 4.69) is 15.9 Å². The quantitative estimate of drug-likeness (QED) is 0.773. The van der Waals surface area contributed by atoms with Gasteiger partial charge in [-0.1, -0.05) is 15.9 Å². The Bertz CT molecular complexity index is 363. The van der Waals surface area contributed by atoms with Gasteiger partial charge in [-0.25, -0.2) is 0 Å². The third kappa shape index (κ3) is 1.35. The number of anilines is 1. The summed E-state index contributed by atoms with van der Waals surface area (Å²) in [4.78, 5) is 13.2. The van der Waals surface area contributed by atoms with Gasteiger partial charge in [0.2, 0.25) is 5.91 Å². The summed E-state index contributed by atoms with van der Waals surface area (Å²) in [7, 11) is 0. The Morgan fingerprint density at radius 2 is 1.93 bits per heavy atom. The Morgan fingerprint density at radius 1 is 1.36 bits per heavy atom. The molecule has 0 saturated carbocycles. The Hall–Kier alpha value is -0.870. The molecule has 4 heteroatoms. The van der Waals surface area contributed by atoms with E-state index in [1.807, 2.05) is 31.2 Å². The highest BCUT2D eigenvalue weighted by atomic mass is 79.9. The zero-order chi connectivity index (χ0) is 10.3. The van der Waals surface area contributed by atoms with Crippen molar-refractivity contribution in [3.8, 4) is 0 Å². The lowest BCUT2D eigenvalue weighted by atomic mass is 9.97. The first-order valence-electron chi connectivity index (χ1n) is 4.45. The van der Waals surface area contributed by atoms with Crippen LogP contribution in [0.2, 0.25) is 0 Å². The van der Waals surface area contributed by atoms with Crippen LogP contribution < -0.4 is 10.6 Å². The second-order valence-corrected chi connectivity index (χ2v) is 4.37. The molecule has 0 bridgehead atoms. The first kappa shape index (κ1) is 9.68. The van der Waals surface area contributed by atoms with Gasteiger partial charge in [-0.2, -0.15) is 0 Å². The summed E-state index contributed by atoms with van der Waals surface area (Å²) in [6, 6.07) is 7.41. The first-order valence-corrected chi connectivity index (χ1v) is 5.25. The van der Waals surface area contributed by atoms with Crippen molar-refractivity contribution in [1.82, 2.24) is 0 Å². The number of rotatable bonds is 1. The number of hydrogen-bond acceptors (Lipinski definition) is 2. The van der Waals surface area contributed by atoms with Gasteiger partial charge < -0.3 is 10.6 Å². The minimum absolute atomic E-state index is 0.000164. The van der Waals surface area contributed by atoms with E-state index in [0.717, 1.165) is 10.2 Å². The standard InChI is InChI=1S/C10H11BrN2O/c1-6-9(12)10(14)13(6)8-4-2-7(11)3-5-8/h2-6,9H,12H2,1H3/t6-,9+/m0/s1.